The number of amides is 2. The molecular formula is C17H14N2O2. The molecule has 2 amide bonds. The van der Waals surface area contributed by atoms with Crippen LogP contribution < -0.4 is 10.6 Å². The second-order valence-corrected chi connectivity index (χ2v) is 4.70. The highest BCUT2D eigenvalue weighted by molar-refractivity contribution is 6.02. The lowest BCUT2D eigenvalue weighted by molar-refractivity contribution is 0.256. The molecule has 21 heavy (non-hydrogen) atoms. The molecule has 0 aliphatic heterocycles. The summed E-state index contributed by atoms with van der Waals surface area (Å²) in [7, 11) is 0. The highest BCUT2D eigenvalue weighted by Crippen LogP contribution is 2.36. The van der Waals surface area contributed by atoms with Gasteiger partial charge in [-0.25, -0.2) is 4.79 Å². The number of primary amides is 1. The number of phenolic OH excluding ortho intramolecular Hbond substituents is 1. The first-order chi connectivity index (χ1) is 10.2. The molecule has 0 aromatic heterocycles. The zero-order valence-electron chi connectivity index (χ0n) is 11.2. The second kappa shape index (κ2) is 5.17. The van der Waals surface area contributed by atoms with Crippen LogP contribution in [0.3, 0.4) is 0 Å². The predicted octanol–water partition coefficient (Wildman–Crippen LogP) is 3.76. The Kier molecular flexibility index (Phi) is 3.20. The van der Waals surface area contributed by atoms with E-state index in [1.165, 1.54) is 4.90 Å². The molecule has 4 nitrogen and oxygen atoms in total. The first-order valence-corrected chi connectivity index (χ1v) is 6.53. The van der Waals surface area contributed by atoms with Crippen molar-refractivity contribution in [2.24, 2.45) is 5.73 Å². The van der Waals surface area contributed by atoms with Crippen LogP contribution in [-0.2, 0) is 0 Å². The molecule has 0 spiro atoms. The number of para-hydroxylation sites is 1. The van der Waals surface area contributed by atoms with Gasteiger partial charge in [0.2, 0.25) is 0 Å². The average molecular weight is 278 g/mol. The van der Waals surface area contributed by atoms with Gasteiger partial charge in [-0.15, -0.1) is 0 Å². The van der Waals surface area contributed by atoms with Crippen molar-refractivity contribution in [2.75, 3.05) is 4.90 Å². The molecule has 0 fully saturated rings. The third kappa shape index (κ3) is 2.39. The van der Waals surface area contributed by atoms with Gasteiger partial charge in [-0.3, -0.25) is 4.90 Å². The number of aromatic hydroxyl groups is 1. The molecule has 0 saturated carbocycles. The molecule has 0 unspecified atom stereocenters. The Hall–Kier alpha value is -3.01. The molecule has 3 N–H and O–H groups in total. The lowest BCUT2D eigenvalue weighted by Gasteiger charge is -2.22. The lowest BCUT2D eigenvalue weighted by atomic mass is 10.1. The second-order valence-electron chi connectivity index (χ2n) is 4.70. The van der Waals surface area contributed by atoms with Crippen LogP contribution in [-0.4, -0.2) is 11.1 Å². The van der Waals surface area contributed by atoms with Gasteiger partial charge in [0.15, 0.2) is 0 Å². The Bertz CT molecular complexity index is 800. The fourth-order valence-corrected chi connectivity index (χ4v) is 2.36. The summed E-state index contributed by atoms with van der Waals surface area (Å²) in [5.41, 5.74) is 6.46. The first kappa shape index (κ1) is 13.0. The van der Waals surface area contributed by atoms with Crippen LogP contribution in [0.15, 0.2) is 66.7 Å². The van der Waals surface area contributed by atoms with Crippen LogP contribution in [0, 0.1) is 0 Å². The highest BCUT2D eigenvalue weighted by atomic mass is 16.3. The van der Waals surface area contributed by atoms with Crippen molar-refractivity contribution in [3.63, 3.8) is 0 Å². The van der Waals surface area contributed by atoms with Gasteiger partial charge in [0.25, 0.3) is 0 Å². The number of urea groups is 1. The maximum Gasteiger partial charge on any atom is 0.324 e. The van der Waals surface area contributed by atoms with Gasteiger partial charge in [-0.1, -0.05) is 42.5 Å². The standard InChI is InChI=1S/C17H14N2O2/c18-17(21)19(14-8-2-1-3-9-14)15-10-12-6-4-5-7-13(12)11-16(15)20/h1-11,20H,(H2,18,21). The Morgan fingerprint density at radius 1 is 0.905 bits per heavy atom. The van der Waals surface area contributed by atoms with Gasteiger partial charge in [-0.05, 0) is 35.0 Å². The van der Waals surface area contributed by atoms with E-state index in [1.807, 2.05) is 42.5 Å². The summed E-state index contributed by atoms with van der Waals surface area (Å²) in [4.78, 5) is 13.1. The van der Waals surface area contributed by atoms with E-state index >= 15 is 0 Å². The monoisotopic (exact) mass is 278 g/mol. The molecule has 3 aromatic rings. The first-order valence-electron chi connectivity index (χ1n) is 6.53. The van der Waals surface area contributed by atoms with Crippen LogP contribution >= 0.6 is 0 Å². The van der Waals surface area contributed by atoms with E-state index in [1.54, 1.807) is 24.3 Å². The van der Waals surface area contributed by atoms with Crippen molar-refractivity contribution >= 4 is 28.2 Å². The minimum Gasteiger partial charge on any atom is -0.506 e. The van der Waals surface area contributed by atoms with E-state index in [2.05, 4.69) is 0 Å². The molecule has 0 aliphatic rings. The maximum atomic E-state index is 11.8. The summed E-state index contributed by atoms with van der Waals surface area (Å²) in [6, 6.07) is 19.3. The number of hydrogen-bond donors (Lipinski definition) is 2. The zero-order valence-corrected chi connectivity index (χ0v) is 11.2. The Balaban J connectivity index is 2.20. The summed E-state index contributed by atoms with van der Waals surface area (Å²) in [6.45, 7) is 0. The summed E-state index contributed by atoms with van der Waals surface area (Å²) >= 11 is 0. The van der Waals surface area contributed by atoms with Crippen LogP contribution in [0.4, 0.5) is 16.2 Å². The van der Waals surface area contributed by atoms with Crippen LogP contribution in [0.25, 0.3) is 10.8 Å². The molecule has 0 aliphatic carbocycles. The van der Waals surface area contributed by atoms with Gasteiger partial charge < -0.3 is 10.8 Å². The van der Waals surface area contributed by atoms with Gasteiger partial charge >= 0.3 is 6.03 Å². The molecule has 0 heterocycles. The Morgan fingerprint density at radius 3 is 2.10 bits per heavy atom. The van der Waals surface area contributed by atoms with E-state index in [0.29, 0.717) is 11.4 Å². The molecular weight excluding hydrogens is 264 g/mol. The number of hydrogen-bond acceptors (Lipinski definition) is 2. The van der Waals surface area contributed by atoms with Crippen molar-refractivity contribution in [2.45, 2.75) is 0 Å². The SMILES string of the molecule is NC(=O)N(c1ccccc1)c1cc2ccccc2cc1O. The van der Waals surface area contributed by atoms with Crippen molar-refractivity contribution in [1.29, 1.82) is 0 Å². The molecule has 0 bridgehead atoms. The maximum absolute atomic E-state index is 11.8. The topological polar surface area (TPSA) is 66.6 Å². The number of carbonyl (C=O) groups is 1. The number of benzene rings is 3. The summed E-state index contributed by atoms with van der Waals surface area (Å²) < 4.78 is 0. The Morgan fingerprint density at radius 2 is 1.48 bits per heavy atom. The summed E-state index contributed by atoms with van der Waals surface area (Å²) in [5.74, 6) is 0.0105. The molecule has 0 radical (unpaired) electrons. The van der Waals surface area contributed by atoms with E-state index in [4.69, 9.17) is 5.73 Å². The fraction of sp³-hybridized carbons (Fsp3) is 0. The smallest absolute Gasteiger partial charge is 0.324 e. The van der Waals surface area contributed by atoms with Crippen LogP contribution in [0.1, 0.15) is 0 Å². The van der Waals surface area contributed by atoms with Crippen molar-refractivity contribution in [1.82, 2.24) is 0 Å². The number of nitrogens with zero attached hydrogens (tertiary/aromatic N) is 1. The number of anilines is 2. The summed E-state index contributed by atoms with van der Waals surface area (Å²) in [6.07, 6.45) is 0. The Labute approximate surface area is 122 Å². The molecule has 104 valence electrons. The minimum absolute atomic E-state index is 0.0105. The van der Waals surface area contributed by atoms with Crippen molar-refractivity contribution < 1.29 is 9.90 Å². The van der Waals surface area contributed by atoms with Gasteiger partial charge in [0, 0.05) is 0 Å². The number of rotatable bonds is 2. The van der Waals surface area contributed by atoms with Crippen molar-refractivity contribution in [3.05, 3.63) is 66.7 Å². The quantitative estimate of drug-likeness (QED) is 0.749. The highest BCUT2D eigenvalue weighted by Gasteiger charge is 2.18. The zero-order chi connectivity index (χ0) is 14.8. The normalized spacial score (nSPS) is 10.5. The number of nitrogens with two attached hydrogens (primary N) is 1. The number of carbonyl (C=O) groups excluding carboxylic acids is 1. The summed E-state index contributed by atoms with van der Waals surface area (Å²) in [5, 5.41) is 12.1. The van der Waals surface area contributed by atoms with E-state index in [0.717, 1.165) is 10.8 Å². The van der Waals surface area contributed by atoms with Crippen molar-refractivity contribution in [3.8, 4) is 5.75 Å². The van der Waals surface area contributed by atoms with E-state index < -0.39 is 6.03 Å². The third-order valence-corrected chi connectivity index (χ3v) is 3.32. The molecule has 3 aromatic carbocycles. The predicted molar refractivity (Wildman–Crippen MR) is 83.8 cm³/mol. The van der Waals surface area contributed by atoms with Gasteiger partial charge in [-0.2, -0.15) is 0 Å². The van der Waals surface area contributed by atoms with Gasteiger partial charge in [0.05, 0.1) is 11.4 Å². The minimum atomic E-state index is -0.646. The largest absolute Gasteiger partial charge is 0.506 e. The average Bonchev–Trinajstić information content (AvgIpc) is 2.49. The van der Waals surface area contributed by atoms with E-state index in [-0.39, 0.29) is 5.75 Å². The molecule has 4 heteroatoms. The number of fused-ring (bicyclic) bond motifs is 1. The van der Waals surface area contributed by atoms with Crippen LogP contribution in [0.5, 0.6) is 5.75 Å². The molecule has 3 rings (SSSR count). The van der Waals surface area contributed by atoms with Gasteiger partial charge in [0.1, 0.15) is 5.75 Å². The third-order valence-electron chi connectivity index (χ3n) is 3.32. The lowest BCUT2D eigenvalue weighted by Crippen LogP contribution is -2.31. The molecule has 0 atom stereocenters. The number of phenols is 1. The fourth-order valence-electron chi connectivity index (χ4n) is 2.36. The van der Waals surface area contributed by atoms with E-state index in [9.17, 15) is 9.90 Å². The van der Waals surface area contributed by atoms with Crippen LogP contribution in [0.2, 0.25) is 0 Å². The molecule has 0 saturated heterocycles.